The second-order valence-electron chi connectivity index (χ2n) is 4.96. The quantitative estimate of drug-likeness (QED) is 0.738. The highest BCUT2D eigenvalue weighted by molar-refractivity contribution is 7.92. The molecule has 0 amide bonds. The van der Waals surface area contributed by atoms with Crippen LogP contribution in [0.25, 0.3) is 11.3 Å². The highest BCUT2D eigenvalue weighted by Crippen LogP contribution is 2.28. The van der Waals surface area contributed by atoms with Crippen molar-refractivity contribution in [3.05, 3.63) is 54.4 Å². The molecule has 9 heteroatoms. The molecular weight excluding hydrogens is 333 g/mol. The van der Waals surface area contributed by atoms with E-state index < -0.39 is 15.8 Å². The SMILES string of the molecule is CCc1c(NS(=O)(=O)c2cncc(F)c2)n[nH]c1-c1ccncc1. The Kier molecular flexibility index (Phi) is 4.26. The van der Waals surface area contributed by atoms with Crippen molar-refractivity contribution in [3.8, 4) is 11.3 Å². The minimum absolute atomic E-state index is 0.175. The van der Waals surface area contributed by atoms with Gasteiger partial charge in [-0.25, -0.2) is 12.8 Å². The normalized spacial score (nSPS) is 11.4. The maximum absolute atomic E-state index is 13.2. The van der Waals surface area contributed by atoms with E-state index in [-0.39, 0.29) is 10.7 Å². The minimum Gasteiger partial charge on any atom is -0.275 e. The zero-order chi connectivity index (χ0) is 17.2. The van der Waals surface area contributed by atoms with Crippen molar-refractivity contribution in [1.82, 2.24) is 20.2 Å². The zero-order valence-corrected chi connectivity index (χ0v) is 13.5. The van der Waals surface area contributed by atoms with Gasteiger partial charge in [0.1, 0.15) is 10.7 Å². The summed E-state index contributed by atoms with van der Waals surface area (Å²) in [5, 5.41) is 6.88. The highest BCUT2D eigenvalue weighted by Gasteiger charge is 2.21. The fourth-order valence-corrected chi connectivity index (χ4v) is 3.29. The van der Waals surface area contributed by atoms with Gasteiger partial charge < -0.3 is 0 Å². The molecule has 0 unspecified atom stereocenters. The Bertz CT molecular complexity index is 957. The Morgan fingerprint density at radius 3 is 2.62 bits per heavy atom. The van der Waals surface area contributed by atoms with Crippen LogP contribution in [0, 0.1) is 5.82 Å². The van der Waals surface area contributed by atoms with Crippen LogP contribution >= 0.6 is 0 Å². The molecule has 0 saturated carbocycles. The first-order valence-corrected chi connectivity index (χ1v) is 8.60. The van der Waals surface area contributed by atoms with Gasteiger partial charge in [0, 0.05) is 29.7 Å². The molecule has 2 N–H and O–H groups in total. The molecule has 0 fully saturated rings. The van der Waals surface area contributed by atoms with Gasteiger partial charge in [-0.3, -0.25) is 19.8 Å². The van der Waals surface area contributed by atoms with Gasteiger partial charge >= 0.3 is 0 Å². The van der Waals surface area contributed by atoms with Gasteiger partial charge in [0.05, 0.1) is 11.9 Å². The van der Waals surface area contributed by atoms with E-state index in [2.05, 4.69) is 24.9 Å². The number of anilines is 1. The third-order valence-electron chi connectivity index (χ3n) is 3.41. The van der Waals surface area contributed by atoms with Crippen molar-refractivity contribution in [3.63, 3.8) is 0 Å². The average Bonchev–Trinajstić information content (AvgIpc) is 2.97. The van der Waals surface area contributed by atoms with Gasteiger partial charge in [-0.1, -0.05) is 6.92 Å². The number of pyridine rings is 2. The maximum Gasteiger partial charge on any atom is 0.264 e. The third-order valence-corrected chi connectivity index (χ3v) is 4.72. The maximum atomic E-state index is 13.2. The van der Waals surface area contributed by atoms with E-state index in [1.54, 1.807) is 24.5 Å². The Morgan fingerprint density at radius 2 is 1.96 bits per heavy atom. The van der Waals surface area contributed by atoms with Crippen LogP contribution in [0.15, 0.2) is 47.9 Å². The van der Waals surface area contributed by atoms with Gasteiger partial charge in [-0.15, -0.1) is 0 Å². The number of hydrogen-bond donors (Lipinski definition) is 2. The Hall–Kier alpha value is -2.81. The van der Waals surface area contributed by atoms with Crippen LogP contribution in [0.2, 0.25) is 0 Å². The molecule has 0 aliphatic rings. The van der Waals surface area contributed by atoms with E-state index in [4.69, 9.17) is 0 Å². The smallest absolute Gasteiger partial charge is 0.264 e. The molecule has 3 aromatic heterocycles. The van der Waals surface area contributed by atoms with Crippen molar-refractivity contribution < 1.29 is 12.8 Å². The topological polar surface area (TPSA) is 101 Å². The summed E-state index contributed by atoms with van der Waals surface area (Å²) in [5.41, 5.74) is 2.25. The number of nitrogens with one attached hydrogen (secondary N) is 2. The first-order valence-electron chi connectivity index (χ1n) is 7.12. The standard InChI is InChI=1S/C15H14FN5O2S/c1-2-13-14(10-3-5-17-6-4-10)19-20-15(13)21-24(22,23)12-7-11(16)8-18-9-12/h3-9H,2H2,1H3,(H2,19,20,21). The van der Waals surface area contributed by atoms with Crippen molar-refractivity contribution in [2.75, 3.05) is 4.72 Å². The van der Waals surface area contributed by atoms with E-state index in [0.29, 0.717) is 17.7 Å². The van der Waals surface area contributed by atoms with Crippen LogP contribution in [0.1, 0.15) is 12.5 Å². The second kappa shape index (κ2) is 6.36. The zero-order valence-electron chi connectivity index (χ0n) is 12.7. The number of aromatic amines is 1. The summed E-state index contributed by atoms with van der Waals surface area (Å²) in [6.45, 7) is 1.89. The number of halogens is 1. The number of rotatable bonds is 5. The molecule has 3 heterocycles. The molecule has 24 heavy (non-hydrogen) atoms. The summed E-state index contributed by atoms with van der Waals surface area (Å²) in [7, 11) is -3.98. The molecule has 0 atom stereocenters. The monoisotopic (exact) mass is 347 g/mol. The van der Waals surface area contributed by atoms with Gasteiger partial charge in [-0.05, 0) is 24.6 Å². The van der Waals surface area contributed by atoms with E-state index in [0.717, 1.165) is 24.0 Å². The fourth-order valence-electron chi connectivity index (χ4n) is 2.28. The minimum atomic E-state index is -3.98. The van der Waals surface area contributed by atoms with Gasteiger partial charge in [0.25, 0.3) is 10.0 Å². The molecule has 0 radical (unpaired) electrons. The summed E-state index contributed by atoms with van der Waals surface area (Å²) < 4.78 is 40.4. The molecule has 124 valence electrons. The third kappa shape index (κ3) is 3.11. The lowest BCUT2D eigenvalue weighted by Gasteiger charge is -2.07. The molecule has 3 aromatic rings. The molecule has 0 aliphatic carbocycles. The van der Waals surface area contributed by atoms with E-state index >= 15 is 0 Å². The number of H-pyrrole nitrogens is 1. The largest absolute Gasteiger partial charge is 0.275 e. The lowest BCUT2D eigenvalue weighted by molar-refractivity contribution is 0.592. The second-order valence-corrected chi connectivity index (χ2v) is 6.64. The van der Waals surface area contributed by atoms with Crippen LogP contribution in [-0.2, 0) is 16.4 Å². The average molecular weight is 347 g/mol. The first-order chi connectivity index (χ1) is 11.5. The highest BCUT2D eigenvalue weighted by atomic mass is 32.2. The molecule has 0 saturated heterocycles. The summed E-state index contributed by atoms with van der Waals surface area (Å²) in [5.74, 6) is -0.554. The lowest BCUT2D eigenvalue weighted by atomic mass is 10.1. The summed E-state index contributed by atoms with van der Waals surface area (Å²) in [6.07, 6.45) is 5.84. The number of hydrogen-bond acceptors (Lipinski definition) is 5. The van der Waals surface area contributed by atoms with Gasteiger partial charge in [0.2, 0.25) is 0 Å². The van der Waals surface area contributed by atoms with Crippen LogP contribution in [0.3, 0.4) is 0 Å². The Balaban J connectivity index is 1.98. The number of aromatic nitrogens is 4. The number of nitrogens with zero attached hydrogens (tertiary/aromatic N) is 3. The Morgan fingerprint density at radius 1 is 1.21 bits per heavy atom. The molecule has 7 nitrogen and oxygen atoms in total. The molecule has 0 bridgehead atoms. The molecule has 0 spiro atoms. The summed E-state index contributed by atoms with van der Waals surface area (Å²) in [6, 6.07) is 4.49. The van der Waals surface area contributed by atoms with E-state index in [9.17, 15) is 12.8 Å². The van der Waals surface area contributed by atoms with Crippen molar-refractivity contribution in [2.24, 2.45) is 0 Å². The Labute approximate surface area is 138 Å². The molecule has 0 aromatic carbocycles. The molecule has 3 rings (SSSR count). The van der Waals surface area contributed by atoms with Crippen molar-refractivity contribution >= 4 is 15.8 Å². The molecular formula is C15H14FN5O2S. The van der Waals surface area contributed by atoms with Crippen LogP contribution in [-0.4, -0.2) is 28.6 Å². The van der Waals surface area contributed by atoms with E-state index in [1.165, 1.54) is 0 Å². The van der Waals surface area contributed by atoms with Crippen LogP contribution < -0.4 is 4.72 Å². The first kappa shape index (κ1) is 16.1. The fraction of sp³-hybridized carbons (Fsp3) is 0.133. The summed E-state index contributed by atoms with van der Waals surface area (Å²) >= 11 is 0. The predicted molar refractivity (Wildman–Crippen MR) is 86.2 cm³/mol. The number of sulfonamides is 1. The van der Waals surface area contributed by atoms with Crippen molar-refractivity contribution in [2.45, 2.75) is 18.2 Å². The van der Waals surface area contributed by atoms with Gasteiger partial charge in [-0.2, -0.15) is 5.10 Å². The van der Waals surface area contributed by atoms with Crippen molar-refractivity contribution in [1.29, 1.82) is 0 Å². The lowest BCUT2D eigenvalue weighted by Crippen LogP contribution is -2.14. The predicted octanol–water partition coefficient (Wildman–Crippen LogP) is 2.37. The van der Waals surface area contributed by atoms with Gasteiger partial charge in [0.15, 0.2) is 5.82 Å². The molecule has 0 aliphatic heterocycles. The van der Waals surface area contributed by atoms with Crippen LogP contribution in [0.4, 0.5) is 10.2 Å². The van der Waals surface area contributed by atoms with E-state index in [1.807, 2.05) is 6.92 Å². The van der Waals surface area contributed by atoms with Crippen LogP contribution in [0.5, 0.6) is 0 Å². The summed E-state index contributed by atoms with van der Waals surface area (Å²) in [4.78, 5) is 7.24.